The summed E-state index contributed by atoms with van der Waals surface area (Å²) in [5.41, 5.74) is 5.42. The normalized spacial score (nSPS) is 14.1. The van der Waals surface area contributed by atoms with Crippen molar-refractivity contribution in [2.24, 2.45) is 0 Å². The predicted octanol–water partition coefficient (Wildman–Crippen LogP) is 4.42. The lowest BCUT2D eigenvalue weighted by Crippen LogP contribution is -2.39. The zero-order valence-electron chi connectivity index (χ0n) is 20.5. The van der Waals surface area contributed by atoms with Gasteiger partial charge in [0.1, 0.15) is 11.6 Å². The molecule has 182 valence electrons. The molecule has 4 rings (SSSR count). The summed E-state index contributed by atoms with van der Waals surface area (Å²) in [5.74, 6) is 0.236. The van der Waals surface area contributed by atoms with Gasteiger partial charge >= 0.3 is 0 Å². The molecular weight excluding hydrogens is 443 g/mol. The first-order valence-corrected chi connectivity index (χ1v) is 12.0. The highest BCUT2D eigenvalue weighted by Crippen LogP contribution is 2.29. The summed E-state index contributed by atoms with van der Waals surface area (Å²) in [6, 6.07) is 12.3. The second-order valence-electron chi connectivity index (χ2n) is 9.35. The Hall–Kier alpha value is -3.61. The number of benzene rings is 2. The van der Waals surface area contributed by atoms with Crippen molar-refractivity contribution < 1.29 is 14.0 Å². The van der Waals surface area contributed by atoms with Crippen LogP contribution in [0.1, 0.15) is 62.9 Å². The van der Waals surface area contributed by atoms with Gasteiger partial charge in [-0.2, -0.15) is 0 Å². The molecule has 6 nitrogen and oxygen atoms in total. The SMILES string of the molecule is Cc1cc(C)cc(CNC(=O)c2cnc(C)nc2C2CCN(C(=O)Cc3ccc(F)cc3)CC2)c1. The largest absolute Gasteiger partial charge is 0.348 e. The van der Waals surface area contributed by atoms with Crippen LogP contribution in [0.3, 0.4) is 0 Å². The highest BCUT2D eigenvalue weighted by atomic mass is 19.1. The molecule has 2 heterocycles. The van der Waals surface area contributed by atoms with Gasteiger partial charge in [0.15, 0.2) is 0 Å². The lowest BCUT2D eigenvalue weighted by Gasteiger charge is -2.32. The highest BCUT2D eigenvalue weighted by Gasteiger charge is 2.28. The van der Waals surface area contributed by atoms with Crippen molar-refractivity contribution in [1.29, 1.82) is 0 Å². The minimum Gasteiger partial charge on any atom is -0.348 e. The fourth-order valence-electron chi connectivity index (χ4n) is 4.71. The van der Waals surface area contributed by atoms with Gasteiger partial charge in [-0.25, -0.2) is 14.4 Å². The van der Waals surface area contributed by atoms with Crippen molar-refractivity contribution in [2.75, 3.05) is 13.1 Å². The molecule has 0 bridgehead atoms. The first-order valence-electron chi connectivity index (χ1n) is 12.0. The Morgan fingerprint density at radius 3 is 2.31 bits per heavy atom. The average molecular weight is 475 g/mol. The van der Waals surface area contributed by atoms with Crippen LogP contribution in [0.4, 0.5) is 4.39 Å². The lowest BCUT2D eigenvalue weighted by atomic mass is 9.90. The van der Waals surface area contributed by atoms with Crippen molar-refractivity contribution in [3.8, 4) is 0 Å². The molecule has 35 heavy (non-hydrogen) atoms. The van der Waals surface area contributed by atoms with Gasteiger partial charge in [0.2, 0.25) is 5.91 Å². The highest BCUT2D eigenvalue weighted by molar-refractivity contribution is 5.95. The van der Waals surface area contributed by atoms with E-state index in [1.54, 1.807) is 18.3 Å². The van der Waals surface area contributed by atoms with Crippen molar-refractivity contribution in [1.82, 2.24) is 20.2 Å². The summed E-state index contributed by atoms with van der Waals surface area (Å²) in [5, 5.41) is 3.02. The van der Waals surface area contributed by atoms with E-state index in [0.29, 0.717) is 31.0 Å². The van der Waals surface area contributed by atoms with Crippen LogP contribution in [0.25, 0.3) is 0 Å². The zero-order valence-corrected chi connectivity index (χ0v) is 20.5. The number of nitrogens with one attached hydrogen (secondary N) is 1. The van der Waals surface area contributed by atoms with Gasteiger partial charge in [-0.3, -0.25) is 9.59 Å². The number of nitrogens with zero attached hydrogens (tertiary/aromatic N) is 3. The van der Waals surface area contributed by atoms with Crippen LogP contribution < -0.4 is 5.32 Å². The third-order valence-electron chi connectivity index (χ3n) is 6.42. The predicted molar refractivity (Wildman–Crippen MR) is 133 cm³/mol. The number of rotatable bonds is 6. The molecule has 1 aliphatic rings. The van der Waals surface area contributed by atoms with E-state index in [4.69, 9.17) is 0 Å². The van der Waals surface area contributed by atoms with Crippen molar-refractivity contribution in [3.63, 3.8) is 0 Å². The van der Waals surface area contributed by atoms with Gasteiger partial charge in [0.25, 0.3) is 5.91 Å². The van der Waals surface area contributed by atoms with E-state index in [9.17, 15) is 14.0 Å². The van der Waals surface area contributed by atoms with E-state index in [1.807, 2.05) is 25.7 Å². The third kappa shape index (κ3) is 6.29. The maximum absolute atomic E-state index is 13.1. The van der Waals surface area contributed by atoms with E-state index in [2.05, 4.69) is 33.5 Å². The minimum atomic E-state index is -0.309. The van der Waals surface area contributed by atoms with E-state index < -0.39 is 0 Å². The number of likely N-dealkylation sites (tertiary alicyclic amines) is 1. The number of aryl methyl sites for hydroxylation is 3. The second kappa shape index (κ2) is 10.8. The van der Waals surface area contributed by atoms with Gasteiger partial charge in [0, 0.05) is 31.7 Å². The molecular formula is C28H31FN4O2. The van der Waals surface area contributed by atoms with Gasteiger partial charge in [-0.05, 0) is 56.9 Å². The fraction of sp³-hybridized carbons (Fsp3) is 0.357. The Morgan fingerprint density at radius 2 is 1.66 bits per heavy atom. The average Bonchev–Trinajstić information content (AvgIpc) is 2.83. The number of carbonyl (C=O) groups excluding carboxylic acids is 2. The van der Waals surface area contributed by atoms with Crippen LogP contribution in [-0.4, -0.2) is 39.8 Å². The molecule has 1 fully saturated rings. The Labute approximate surface area is 205 Å². The number of aromatic nitrogens is 2. The summed E-state index contributed by atoms with van der Waals surface area (Å²) in [7, 11) is 0. The molecule has 2 aromatic carbocycles. The van der Waals surface area contributed by atoms with Crippen LogP contribution in [0, 0.1) is 26.6 Å². The number of hydrogen-bond donors (Lipinski definition) is 1. The molecule has 0 spiro atoms. The lowest BCUT2D eigenvalue weighted by molar-refractivity contribution is -0.131. The maximum atomic E-state index is 13.1. The van der Waals surface area contributed by atoms with E-state index in [0.717, 1.165) is 40.8 Å². The van der Waals surface area contributed by atoms with Gasteiger partial charge in [-0.1, -0.05) is 41.5 Å². The van der Waals surface area contributed by atoms with Gasteiger partial charge in [-0.15, -0.1) is 0 Å². The number of hydrogen-bond acceptors (Lipinski definition) is 4. The van der Waals surface area contributed by atoms with Crippen molar-refractivity contribution in [3.05, 3.63) is 93.8 Å². The third-order valence-corrected chi connectivity index (χ3v) is 6.42. The van der Waals surface area contributed by atoms with Crippen LogP contribution in [0.15, 0.2) is 48.7 Å². The Balaban J connectivity index is 1.40. The van der Waals surface area contributed by atoms with E-state index in [1.165, 1.54) is 12.1 Å². The molecule has 0 unspecified atom stereocenters. The molecule has 0 saturated carbocycles. The summed E-state index contributed by atoms with van der Waals surface area (Å²) in [4.78, 5) is 36.6. The number of carbonyl (C=O) groups is 2. The molecule has 7 heteroatoms. The molecule has 0 radical (unpaired) electrons. The Bertz CT molecular complexity index is 1200. The monoisotopic (exact) mass is 474 g/mol. The number of amides is 2. The van der Waals surface area contributed by atoms with Crippen LogP contribution in [-0.2, 0) is 17.8 Å². The zero-order chi connectivity index (χ0) is 24.9. The van der Waals surface area contributed by atoms with Crippen LogP contribution in [0.5, 0.6) is 0 Å². The van der Waals surface area contributed by atoms with E-state index >= 15 is 0 Å². The van der Waals surface area contributed by atoms with Crippen molar-refractivity contribution in [2.45, 2.75) is 52.5 Å². The Kier molecular flexibility index (Phi) is 7.54. The van der Waals surface area contributed by atoms with Crippen LogP contribution in [0.2, 0.25) is 0 Å². The first-order chi connectivity index (χ1) is 16.8. The molecule has 3 aromatic rings. The maximum Gasteiger partial charge on any atom is 0.254 e. The second-order valence-corrected chi connectivity index (χ2v) is 9.35. The van der Waals surface area contributed by atoms with Crippen molar-refractivity contribution >= 4 is 11.8 Å². The molecule has 0 atom stereocenters. The molecule has 1 aromatic heterocycles. The fourth-order valence-corrected chi connectivity index (χ4v) is 4.71. The number of piperidine rings is 1. The number of halogens is 1. The smallest absolute Gasteiger partial charge is 0.254 e. The quantitative estimate of drug-likeness (QED) is 0.574. The topological polar surface area (TPSA) is 75.2 Å². The molecule has 1 N–H and O–H groups in total. The summed E-state index contributed by atoms with van der Waals surface area (Å²) >= 11 is 0. The Morgan fingerprint density at radius 1 is 1.00 bits per heavy atom. The summed E-state index contributed by atoms with van der Waals surface area (Å²) < 4.78 is 13.1. The minimum absolute atomic E-state index is 0.0281. The summed E-state index contributed by atoms with van der Waals surface area (Å²) in [6.07, 6.45) is 3.32. The van der Waals surface area contributed by atoms with Gasteiger partial charge < -0.3 is 10.2 Å². The van der Waals surface area contributed by atoms with Gasteiger partial charge in [0.05, 0.1) is 17.7 Å². The van der Waals surface area contributed by atoms with E-state index in [-0.39, 0.29) is 30.0 Å². The summed E-state index contributed by atoms with van der Waals surface area (Å²) in [6.45, 7) is 7.53. The van der Waals surface area contributed by atoms with Crippen LogP contribution >= 0.6 is 0 Å². The molecule has 2 amide bonds. The molecule has 0 aliphatic carbocycles. The molecule has 1 aliphatic heterocycles. The molecule has 1 saturated heterocycles. The first kappa shape index (κ1) is 24.5. The standard InChI is InChI=1S/C28H31FN4O2/c1-18-12-19(2)14-22(13-18)16-31-28(35)25-17-30-20(3)32-27(25)23-8-10-33(11-9-23)26(34)15-21-4-6-24(29)7-5-21/h4-7,12-14,17,23H,8-11,15-16H2,1-3H3,(H,31,35).